The minimum absolute atomic E-state index is 0.0258. The van der Waals surface area contributed by atoms with Crippen molar-refractivity contribution in [3.63, 3.8) is 0 Å². The van der Waals surface area contributed by atoms with Gasteiger partial charge in [-0.3, -0.25) is 9.78 Å². The highest BCUT2D eigenvalue weighted by Crippen LogP contribution is 2.15. The standard InChI is InChI=1S/C12H18N4O3/c13-11-8-14-7-10(15-11)12(18)16-3-1-9(2-4-16)19-6-5-17/h7-9,17H,1-6H2,(H2,13,15). The summed E-state index contributed by atoms with van der Waals surface area (Å²) in [6, 6.07) is 0. The predicted octanol–water partition coefficient (Wildman–Crippen LogP) is -0.328. The number of amides is 1. The topological polar surface area (TPSA) is 102 Å². The number of nitrogens with zero attached hydrogens (tertiary/aromatic N) is 3. The van der Waals surface area contributed by atoms with Crippen LogP contribution in [0.5, 0.6) is 0 Å². The number of ether oxygens (including phenoxy) is 1. The van der Waals surface area contributed by atoms with Crippen molar-refractivity contribution in [3.05, 3.63) is 18.1 Å². The van der Waals surface area contributed by atoms with Crippen molar-refractivity contribution in [2.45, 2.75) is 18.9 Å². The van der Waals surface area contributed by atoms with Gasteiger partial charge in [0.25, 0.3) is 5.91 Å². The van der Waals surface area contributed by atoms with Crippen molar-refractivity contribution in [1.29, 1.82) is 0 Å². The van der Waals surface area contributed by atoms with Gasteiger partial charge in [-0.2, -0.15) is 0 Å². The van der Waals surface area contributed by atoms with Crippen molar-refractivity contribution in [2.24, 2.45) is 0 Å². The Hall–Kier alpha value is -1.73. The van der Waals surface area contributed by atoms with Gasteiger partial charge in [-0.15, -0.1) is 0 Å². The molecule has 104 valence electrons. The Bertz CT molecular complexity index is 433. The minimum Gasteiger partial charge on any atom is -0.394 e. The molecule has 0 spiro atoms. The number of hydrogen-bond acceptors (Lipinski definition) is 6. The lowest BCUT2D eigenvalue weighted by Crippen LogP contribution is -2.41. The number of nitrogens with two attached hydrogens (primary N) is 1. The number of carbonyl (C=O) groups is 1. The first kappa shape index (κ1) is 13.7. The molecule has 2 rings (SSSR count). The molecule has 7 nitrogen and oxygen atoms in total. The van der Waals surface area contributed by atoms with Crippen molar-refractivity contribution in [1.82, 2.24) is 14.9 Å². The average molecular weight is 266 g/mol. The first-order valence-electron chi connectivity index (χ1n) is 6.30. The van der Waals surface area contributed by atoms with Crippen LogP contribution >= 0.6 is 0 Å². The maximum absolute atomic E-state index is 12.2. The summed E-state index contributed by atoms with van der Waals surface area (Å²) in [5.41, 5.74) is 5.79. The third-order valence-corrected chi connectivity index (χ3v) is 3.05. The number of rotatable bonds is 4. The fourth-order valence-corrected chi connectivity index (χ4v) is 2.09. The Morgan fingerprint density at radius 1 is 1.47 bits per heavy atom. The molecule has 0 unspecified atom stereocenters. The summed E-state index contributed by atoms with van der Waals surface area (Å²) in [5.74, 6) is 0.0902. The van der Waals surface area contributed by atoms with Crippen molar-refractivity contribution in [3.8, 4) is 0 Å². The fraction of sp³-hybridized carbons (Fsp3) is 0.583. The maximum atomic E-state index is 12.2. The van der Waals surface area contributed by atoms with Crippen molar-refractivity contribution < 1.29 is 14.6 Å². The second kappa shape index (κ2) is 6.44. The first-order chi connectivity index (χ1) is 9.20. The van der Waals surface area contributed by atoms with E-state index in [1.54, 1.807) is 4.90 Å². The Morgan fingerprint density at radius 2 is 2.21 bits per heavy atom. The fourth-order valence-electron chi connectivity index (χ4n) is 2.09. The molecule has 0 saturated carbocycles. The number of aromatic nitrogens is 2. The van der Waals surface area contributed by atoms with E-state index in [2.05, 4.69) is 9.97 Å². The molecule has 1 fully saturated rings. The Kier molecular flexibility index (Phi) is 4.64. The van der Waals surface area contributed by atoms with E-state index >= 15 is 0 Å². The van der Waals surface area contributed by atoms with Crippen LogP contribution in [0, 0.1) is 0 Å². The van der Waals surface area contributed by atoms with Gasteiger partial charge < -0.3 is 20.5 Å². The van der Waals surface area contributed by atoms with Gasteiger partial charge in [0.15, 0.2) is 0 Å². The van der Waals surface area contributed by atoms with E-state index < -0.39 is 0 Å². The SMILES string of the molecule is Nc1cncc(C(=O)N2CCC(OCCO)CC2)n1. The number of aliphatic hydroxyl groups is 1. The van der Waals surface area contributed by atoms with E-state index in [1.165, 1.54) is 12.4 Å². The summed E-state index contributed by atoms with van der Waals surface area (Å²) in [6.45, 7) is 1.61. The second-order valence-electron chi connectivity index (χ2n) is 4.42. The van der Waals surface area contributed by atoms with E-state index in [1.807, 2.05) is 0 Å². The molecule has 1 aliphatic heterocycles. The molecule has 2 heterocycles. The molecule has 1 aliphatic rings. The molecule has 1 aromatic rings. The summed E-state index contributed by atoms with van der Waals surface area (Å²) in [6.07, 6.45) is 4.48. The summed E-state index contributed by atoms with van der Waals surface area (Å²) < 4.78 is 5.45. The zero-order valence-corrected chi connectivity index (χ0v) is 10.7. The Labute approximate surface area is 111 Å². The molecule has 1 saturated heterocycles. The molecule has 1 aromatic heterocycles. The lowest BCUT2D eigenvalue weighted by Gasteiger charge is -2.31. The number of likely N-dealkylation sites (tertiary alicyclic amines) is 1. The quantitative estimate of drug-likeness (QED) is 0.774. The van der Waals surface area contributed by atoms with Crippen LogP contribution in [0.4, 0.5) is 5.82 Å². The van der Waals surface area contributed by atoms with Gasteiger partial charge >= 0.3 is 0 Å². The summed E-state index contributed by atoms with van der Waals surface area (Å²) >= 11 is 0. The smallest absolute Gasteiger partial charge is 0.274 e. The van der Waals surface area contributed by atoms with E-state index in [-0.39, 0.29) is 30.1 Å². The van der Waals surface area contributed by atoms with Crippen LogP contribution in [-0.4, -0.2) is 58.3 Å². The summed E-state index contributed by atoms with van der Waals surface area (Å²) in [4.78, 5) is 21.7. The Morgan fingerprint density at radius 3 is 2.84 bits per heavy atom. The highest BCUT2D eigenvalue weighted by molar-refractivity contribution is 5.92. The molecular formula is C12H18N4O3. The van der Waals surface area contributed by atoms with E-state index in [0.29, 0.717) is 19.7 Å². The molecule has 1 amide bonds. The molecule has 7 heteroatoms. The largest absolute Gasteiger partial charge is 0.394 e. The summed E-state index contributed by atoms with van der Waals surface area (Å²) in [5, 5.41) is 8.70. The molecule has 3 N–H and O–H groups in total. The highest BCUT2D eigenvalue weighted by atomic mass is 16.5. The Balaban J connectivity index is 1.89. The van der Waals surface area contributed by atoms with Crippen LogP contribution in [0.25, 0.3) is 0 Å². The highest BCUT2D eigenvalue weighted by Gasteiger charge is 2.24. The number of hydrogen-bond donors (Lipinski definition) is 2. The molecule has 0 aromatic carbocycles. The van der Waals surface area contributed by atoms with Crippen LogP contribution in [0.3, 0.4) is 0 Å². The first-order valence-corrected chi connectivity index (χ1v) is 6.30. The lowest BCUT2D eigenvalue weighted by atomic mass is 10.1. The van der Waals surface area contributed by atoms with Gasteiger partial charge in [0, 0.05) is 13.1 Å². The van der Waals surface area contributed by atoms with Gasteiger partial charge in [-0.05, 0) is 12.8 Å². The van der Waals surface area contributed by atoms with Crippen LogP contribution in [0.15, 0.2) is 12.4 Å². The average Bonchev–Trinajstić information content (AvgIpc) is 2.45. The van der Waals surface area contributed by atoms with Gasteiger partial charge in [0.1, 0.15) is 11.5 Å². The van der Waals surface area contributed by atoms with Crippen LogP contribution in [0.1, 0.15) is 23.3 Å². The second-order valence-corrected chi connectivity index (χ2v) is 4.42. The molecule has 19 heavy (non-hydrogen) atoms. The van der Waals surface area contributed by atoms with E-state index in [4.69, 9.17) is 15.6 Å². The minimum atomic E-state index is -0.152. The monoisotopic (exact) mass is 266 g/mol. The lowest BCUT2D eigenvalue weighted by molar-refractivity contribution is -0.00565. The molecular weight excluding hydrogens is 248 g/mol. The summed E-state index contributed by atoms with van der Waals surface area (Å²) in [7, 11) is 0. The van der Waals surface area contributed by atoms with Gasteiger partial charge in [0.05, 0.1) is 31.7 Å². The van der Waals surface area contributed by atoms with Crippen LogP contribution in [-0.2, 0) is 4.74 Å². The molecule has 0 atom stereocenters. The molecule has 0 radical (unpaired) electrons. The van der Waals surface area contributed by atoms with Gasteiger partial charge in [-0.25, -0.2) is 4.98 Å². The van der Waals surface area contributed by atoms with E-state index in [0.717, 1.165) is 12.8 Å². The zero-order valence-electron chi connectivity index (χ0n) is 10.7. The van der Waals surface area contributed by atoms with E-state index in [9.17, 15) is 4.79 Å². The van der Waals surface area contributed by atoms with Gasteiger partial charge in [-0.1, -0.05) is 0 Å². The molecule has 0 bridgehead atoms. The zero-order chi connectivity index (χ0) is 13.7. The number of nitrogen functional groups attached to an aromatic ring is 1. The third-order valence-electron chi connectivity index (χ3n) is 3.05. The van der Waals surface area contributed by atoms with Crippen LogP contribution in [0.2, 0.25) is 0 Å². The van der Waals surface area contributed by atoms with Crippen LogP contribution < -0.4 is 5.73 Å². The predicted molar refractivity (Wildman–Crippen MR) is 68.4 cm³/mol. The molecule has 0 aliphatic carbocycles. The van der Waals surface area contributed by atoms with Gasteiger partial charge in [0.2, 0.25) is 0 Å². The maximum Gasteiger partial charge on any atom is 0.274 e. The van der Waals surface area contributed by atoms with Crippen molar-refractivity contribution >= 4 is 11.7 Å². The number of carbonyl (C=O) groups excluding carboxylic acids is 1. The third kappa shape index (κ3) is 3.62. The van der Waals surface area contributed by atoms with Crippen molar-refractivity contribution in [2.75, 3.05) is 32.0 Å². The number of piperidine rings is 1. The number of aliphatic hydroxyl groups excluding tert-OH is 1. The number of anilines is 1. The normalized spacial score (nSPS) is 16.6.